The molecule has 2 aromatic rings. The summed E-state index contributed by atoms with van der Waals surface area (Å²) in [4.78, 5) is 0. The molecule has 20 heavy (non-hydrogen) atoms. The average molecular weight is 297 g/mol. The van der Waals surface area contributed by atoms with Gasteiger partial charge in [0, 0.05) is 11.1 Å². The van der Waals surface area contributed by atoms with Crippen molar-refractivity contribution in [2.45, 2.75) is 20.4 Å². The summed E-state index contributed by atoms with van der Waals surface area (Å²) in [6.45, 7) is 3.89. The Morgan fingerprint density at radius 2 is 2.20 bits per heavy atom. The number of benzene rings is 1. The summed E-state index contributed by atoms with van der Waals surface area (Å²) >= 11 is 6.05. The van der Waals surface area contributed by atoms with Crippen molar-refractivity contribution < 1.29 is 9.60 Å². The Labute approximate surface area is 120 Å². The molecule has 0 spiro atoms. The molecule has 0 bridgehead atoms. The van der Waals surface area contributed by atoms with Gasteiger partial charge in [0.25, 0.3) is 0 Å². The zero-order valence-corrected chi connectivity index (χ0v) is 11.8. The second kappa shape index (κ2) is 5.50. The number of oxime groups is 1. The number of aryl methyl sites for hydroxylation is 1. The fourth-order valence-electron chi connectivity index (χ4n) is 1.88. The van der Waals surface area contributed by atoms with E-state index in [2.05, 4.69) is 10.3 Å². The quantitative estimate of drug-likeness (QED) is 0.395. The number of halogens is 2. The van der Waals surface area contributed by atoms with Crippen molar-refractivity contribution in [1.29, 1.82) is 0 Å². The molecular formula is C13H14ClFN4O. The van der Waals surface area contributed by atoms with E-state index < -0.39 is 5.82 Å². The van der Waals surface area contributed by atoms with Crippen LogP contribution in [0.4, 0.5) is 4.39 Å². The summed E-state index contributed by atoms with van der Waals surface area (Å²) in [6, 6.07) is 4.38. The summed E-state index contributed by atoms with van der Waals surface area (Å²) < 4.78 is 15.6. The second-order valence-corrected chi connectivity index (χ2v) is 4.81. The fourth-order valence-corrected chi connectivity index (χ4v) is 2.02. The first-order valence-electron chi connectivity index (χ1n) is 5.90. The minimum absolute atomic E-state index is 0.135. The SMILES string of the molecule is Cc1nn(Cc2ccc(C(N)=NO)cc2F)c(C)c1Cl. The third-order valence-corrected chi connectivity index (χ3v) is 3.62. The Kier molecular flexibility index (Phi) is 3.94. The largest absolute Gasteiger partial charge is 0.409 e. The molecule has 0 radical (unpaired) electrons. The van der Waals surface area contributed by atoms with Crippen molar-refractivity contribution in [3.63, 3.8) is 0 Å². The van der Waals surface area contributed by atoms with Crippen LogP contribution in [0.1, 0.15) is 22.5 Å². The van der Waals surface area contributed by atoms with Crippen LogP contribution in [0, 0.1) is 19.7 Å². The first kappa shape index (κ1) is 14.3. The number of nitrogens with zero attached hydrogens (tertiary/aromatic N) is 3. The van der Waals surface area contributed by atoms with Crippen LogP contribution in [-0.2, 0) is 6.54 Å². The molecule has 0 fully saturated rings. The van der Waals surface area contributed by atoms with Gasteiger partial charge in [-0.25, -0.2) is 4.39 Å². The van der Waals surface area contributed by atoms with E-state index in [0.29, 0.717) is 21.8 Å². The number of hydrogen-bond acceptors (Lipinski definition) is 3. The van der Waals surface area contributed by atoms with Crippen molar-refractivity contribution in [3.05, 3.63) is 51.6 Å². The minimum atomic E-state index is -0.447. The van der Waals surface area contributed by atoms with Gasteiger partial charge in [0.15, 0.2) is 5.84 Å². The number of nitrogens with two attached hydrogens (primary N) is 1. The van der Waals surface area contributed by atoms with Gasteiger partial charge in [0.2, 0.25) is 0 Å². The molecule has 3 N–H and O–H groups in total. The molecule has 0 unspecified atom stereocenters. The van der Waals surface area contributed by atoms with E-state index in [1.807, 2.05) is 6.92 Å². The van der Waals surface area contributed by atoms with E-state index in [1.165, 1.54) is 6.07 Å². The van der Waals surface area contributed by atoms with Gasteiger partial charge >= 0.3 is 0 Å². The third kappa shape index (κ3) is 2.60. The molecule has 1 aromatic carbocycles. The van der Waals surface area contributed by atoms with Gasteiger partial charge in [-0.05, 0) is 19.9 Å². The van der Waals surface area contributed by atoms with E-state index in [0.717, 1.165) is 5.69 Å². The Balaban J connectivity index is 2.33. The zero-order valence-electron chi connectivity index (χ0n) is 11.1. The molecule has 106 valence electrons. The molecule has 0 aliphatic carbocycles. The molecule has 0 atom stereocenters. The predicted octanol–water partition coefficient (Wildman–Crippen LogP) is 2.44. The highest BCUT2D eigenvalue weighted by molar-refractivity contribution is 6.31. The highest BCUT2D eigenvalue weighted by Crippen LogP contribution is 2.20. The van der Waals surface area contributed by atoms with Crippen LogP contribution >= 0.6 is 11.6 Å². The van der Waals surface area contributed by atoms with Crippen molar-refractivity contribution in [1.82, 2.24) is 9.78 Å². The lowest BCUT2D eigenvalue weighted by atomic mass is 10.1. The Bertz CT molecular complexity index is 681. The normalized spacial score (nSPS) is 11.9. The van der Waals surface area contributed by atoms with E-state index in [-0.39, 0.29) is 12.4 Å². The molecule has 0 aliphatic rings. The smallest absolute Gasteiger partial charge is 0.170 e. The predicted molar refractivity (Wildman–Crippen MR) is 74.7 cm³/mol. The Hall–Kier alpha value is -2.08. The molecule has 0 aliphatic heterocycles. The maximum absolute atomic E-state index is 14.0. The Morgan fingerprint density at radius 1 is 1.50 bits per heavy atom. The second-order valence-electron chi connectivity index (χ2n) is 4.43. The number of rotatable bonds is 3. The zero-order chi connectivity index (χ0) is 14.9. The standard InChI is InChI=1S/C13H14ClFN4O/c1-7-12(14)8(2)19(17-7)6-10-4-3-9(5-11(10)15)13(16)18-20/h3-5,20H,6H2,1-2H3,(H2,16,18). The summed E-state index contributed by atoms with van der Waals surface area (Å²) in [6.07, 6.45) is 0. The van der Waals surface area contributed by atoms with Crippen LogP contribution in [0.25, 0.3) is 0 Å². The first-order valence-corrected chi connectivity index (χ1v) is 6.27. The summed E-state index contributed by atoms with van der Waals surface area (Å²) in [7, 11) is 0. The van der Waals surface area contributed by atoms with Gasteiger partial charge in [-0.2, -0.15) is 5.10 Å². The Morgan fingerprint density at radius 3 is 2.70 bits per heavy atom. The van der Waals surface area contributed by atoms with Crippen LogP contribution in [0.5, 0.6) is 0 Å². The fraction of sp³-hybridized carbons (Fsp3) is 0.231. The van der Waals surface area contributed by atoms with Crippen LogP contribution < -0.4 is 5.73 Å². The van der Waals surface area contributed by atoms with Gasteiger partial charge in [-0.15, -0.1) is 0 Å². The topological polar surface area (TPSA) is 76.4 Å². The van der Waals surface area contributed by atoms with Crippen LogP contribution in [0.3, 0.4) is 0 Å². The van der Waals surface area contributed by atoms with E-state index in [1.54, 1.807) is 23.7 Å². The molecule has 0 amide bonds. The highest BCUT2D eigenvalue weighted by atomic mass is 35.5. The molecule has 7 heteroatoms. The van der Waals surface area contributed by atoms with Crippen molar-refractivity contribution >= 4 is 17.4 Å². The number of amidine groups is 1. The summed E-state index contributed by atoms with van der Waals surface area (Å²) in [5.74, 6) is -0.581. The van der Waals surface area contributed by atoms with E-state index >= 15 is 0 Å². The molecule has 0 saturated heterocycles. The summed E-state index contributed by atoms with van der Waals surface area (Å²) in [5.41, 5.74) is 7.66. The van der Waals surface area contributed by atoms with Crippen LogP contribution in [-0.4, -0.2) is 20.8 Å². The molecule has 1 heterocycles. The number of aromatic nitrogens is 2. The van der Waals surface area contributed by atoms with Gasteiger partial charge in [0.05, 0.1) is 23.0 Å². The first-order chi connectivity index (χ1) is 9.43. The van der Waals surface area contributed by atoms with Crippen molar-refractivity contribution in [2.24, 2.45) is 10.9 Å². The lowest BCUT2D eigenvalue weighted by molar-refractivity contribution is 0.318. The maximum atomic E-state index is 14.0. The van der Waals surface area contributed by atoms with Crippen molar-refractivity contribution in [3.8, 4) is 0 Å². The van der Waals surface area contributed by atoms with Crippen LogP contribution in [0.2, 0.25) is 5.02 Å². The maximum Gasteiger partial charge on any atom is 0.170 e. The molecule has 5 nitrogen and oxygen atoms in total. The third-order valence-electron chi connectivity index (χ3n) is 3.07. The van der Waals surface area contributed by atoms with Gasteiger partial charge in [-0.3, -0.25) is 4.68 Å². The molecular weight excluding hydrogens is 283 g/mol. The van der Waals surface area contributed by atoms with E-state index in [4.69, 9.17) is 22.5 Å². The lowest BCUT2D eigenvalue weighted by Gasteiger charge is -2.07. The highest BCUT2D eigenvalue weighted by Gasteiger charge is 2.12. The average Bonchev–Trinajstić information content (AvgIpc) is 2.67. The van der Waals surface area contributed by atoms with Gasteiger partial charge in [-0.1, -0.05) is 28.9 Å². The molecule has 1 aromatic heterocycles. The van der Waals surface area contributed by atoms with Gasteiger partial charge in [0.1, 0.15) is 5.82 Å². The minimum Gasteiger partial charge on any atom is -0.409 e. The van der Waals surface area contributed by atoms with Crippen molar-refractivity contribution in [2.75, 3.05) is 0 Å². The molecule has 2 rings (SSSR count). The monoisotopic (exact) mass is 296 g/mol. The lowest BCUT2D eigenvalue weighted by Crippen LogP contribution is -2.14. The molecule has 0 saturated carbocycles. The van der Waals surface area contributed by atoms with Gasteiger partial charge < -0.3 is 10.9 Å². The van der Waals surface area contributed by atoms with Crippen LogP contribution in [0.15, 0.2) is 23.4 Å². The number of hydrogen-bond donors (Lipinski definition) is 2. The summed E-state index contributed by atoms with van der Waals surface area (Å²) in [5, 5.41) is 16.2. The van der Waals surface area contributed by atoms with E-state index in [9.17, 15) is 4.39 Å².